The highest BCUT2D eigenvalue weighted by atomic mass is 35.5. The minimum absolute atomic E-state index is 0.373. The summed E-state index contributed by atoms with van der Waals surface area (Å²) in [5.74, 6) is -1.37. The summed E-state index contributed by atoms with van der Waals surface area (Å²) in [4.78, 5) is 16.3. The second kappa shape index (κ2) is 6.02. The molecular formula is C19H17ClFNO2. The van der Waals surface area contributed by atoms with Crippen LogP contribution in [0.2, 0.25) is 5.02 Å². The SMILES string of the molecule is Cc1ncc(C2=C[C@](C(=O)O)(c3cccc(F)c3C)CC2)cc1Cl. The summed E-state index contributed by atoms with van der Waals surface area (Å²) in [5.41, 5.74) is 2.05. The lowest BCUT2D eigenvalue weighted by Gasteiger charge is -2.24. The van der Waals surface area contributed by atoms with E-state index in [9.17, 15) is 14.3 Å². The summed E-state index contributed by atoms with van der Waals surface area (Å²) in [6.45, 7) is 3.43. The Bertz CT molecular complexity index is 862. The Morgan fingerprint density at radius 1 is 1.38 bits per heavy atom. The molecule has 0 saturated carbocycles. The van der Waals surface area contributed by atoms with Crippen molar-refractivity contribution in [3.05, 3.63) is 69.8 Å². The minimum Gasteiger partial charge on any atom is -0.480 e. The Balaban J connectivity index is 2.13. The molecule has 0 bridgehead atoms. The lowest BCUT2D eigenvalue weighted by atomic mass is 9.78. The molecule has 5 heteroatoms. The van der Waals surface area contributed by atoms with Gasteiger partial charge in [0.1, 0.15) is 11.2 Å². The van der Waals surface area contributed by atoms with Crippen molar-refractivity contribution in [2.75, 3.05) is 0 Å². The third kappa shape index (κ3) is 2.61. The Hall–Kier alpha value is -2.20. The van der Waals surface area contributed by atoms with E-state index in [2.05, 4.69) is 4.98 Å². The molecule has 0 fully saturated rings. The number of halogens is 2. The molecule has 1 aromatic heterocycles. The van der Waals surface area contributed by atoms with Gasteiger partial charge in [0.15, 0.2) is 0 Å². The number of aryl methyl sites for hydroxylation is 1. The Labute approximate surface area is 144 Å². The van der Waals surface area contributed by atoms with Crippen molar-refractivity contribution in [3.8, 4) is 0 Å². The standard InChI is InChI=1S/C19H17ClFNO2/c1-11-15(4-3-5-17(11)21)19(18(23)24)7-6-13(9-19)14-8-16(20)12(2)22-10-14/h3-5,8-10H,6-7H2,1-2H3,(H,23,24)/t19-/m0/s1. The number of nitrogens with zero attached hydrogens (tertiary/aromatic N) is 1. The zero-order chi connectivity index (χ0) is 17.5. The van der Waals surface area contributed by atoms with Crippen LogP contribution in [0.3, 0.4) is 0 Å². The lowest BCUT2D eigenvalue weighted by molar-refractivity contribution is -0.141. The smallest absolute Gasteiger partial charge is 0.318 e. The molecule has 1 heterocycles. The van der Waals surface area contributed by atoms with Gasteiger partial charge in [-0.2, -0.15) is 0 Å². The normalized spacial score (nSPS) is 20.1. The molecule has 0 amide bonds. The van der Waals surface area contributed by atoms with Gasteiger partial charge in [-0.25, -0.2) is 4.39 Å². The molecule has 0 radical (unpaired) electrons. The maximum Gasteiger partial charge on any atom is 0.318 e. The molecule has 2 aromatic rings. The molecule has 1 aliphatic rings. The fourth-order valence-electron chi connectivity index (χ4n) is 3.27. The van der Waals surface area contributed by atoms with Crippen molar-refractivity contribution in [3.63, 3.8) is 0 Å². The molecule has 1 aliphatic carbocycles. The minimum atomic E-state index is -1.22. The molecule has 0 saturated heterocycles. The first kappa shape index (κ1) is 16.7. The van der Waals surface area contributed by atoms with Gasteiger partial charge in [0, 0.05) is 6.20 Å². The molecule has 1 aromatic carbocycles. The molecule has 124 valence electrons. The molecule has 0 spiro atoms. The first-order valence-corrected chi connectivity index (χ1v) is 8.06. The Morgan fingerprint density at radius 2 is 2.12 bits per heavy atom. The summed E-state index contributed by atoms with van der Waals surface area (Å²) < 4.78 is 13.9. The van der Waals surface area contributed by atoms with Crippen LogP contribution in [0.4, 0.5) is 4.39 Å². The summed E-state index contributed by atoms with van der Waals surface area (Å²) in [5, 5.41) is 10.4. The van der Waals surface area contributed by atoms with Gasteiger partial charge >= 0.3 is 5.97 Å². The van der Waals surface area contributed by atoms with E-state index >= 15 is 0 Å². The third-order valence-corrected chi connectivity index (χ3v) is 5.12. The quantitative estimate of drug-likeness (QED) is 0.877. The van der Waals surface area contributed by atoms with Crippen LogP contribution in [0.1, 0.15) is 35.2 Å². The van der Waals surface area contributed by atoms with Gasteiger partial charge in [-0.1, -0.05) is 29.8 Å². The topological polar surface area (TPSA) is 50.2 Å². The van der Waals surface area contributed by atoms with Gasteiger partial charge in [0.05, 0.1) is 10.7 Å². The Kier molecular flexibility index (Phi) is 4.18. The zero-order valence-corrected chi connectivity index (χ0v) is 14.2. The first-order valence-electron chi connectivity index (χ1n) is 7.68. The molecule has 24 heavy (non-hydrogen) atoms. The average Bonchev–Trinajstić information content (AvgIpc) is 2.99. The molecule has 3 nitrogen and oxygen atoms in total. The van der Waals surface area contributed by atoms with Crippen LogP contribution in [0.15, 0.2) is 36.5 Å². The van der Waals surface area contributed by atoms with Crippen molar-refractivity contribution in [2.24, 2.45) is 0 Å². The van der Waals surface area contributed by atoms with Crippen LogP contribution < -0.4 is 0 Å². The predicted octanol–water partition coefficient (Wildman–Crippen LogP) is 4.69. The van der Waals surface area contributed by atoms with Gasteiger partial charge in [0.2, 0.25) is 0 Å². The van der Waals surface area contributed by atoms with Crippen LogP contribution in [0.5, 0.6) is 0 Å². The number of carboxylic acid groups (broad SMARTS) is 1. The number of carboxylic acids is 1. The van der Waals surface area contributed by atoms with E-state index in [4.69, 9.17) is 11.6 Å². The van der Waals surface area contributed by atoms with E-state index in [-0.39, 0.29) is 0 Å². The molecule has 1 N–H and O–H groups in total. The summed E-state index contributed by atoms with van der Waals surface area (Å²) >= 11 is 6.13. The van der Waals surface area contributed by atoms with E-state index < -0.39 is 17.2 Å². The van der Waals surface area contributed by atoms with Crippen LogP contribution in [-0.2, 0) is 10.2 Å². The molecule has 1 atom stereocenters. The van der Waals surface area contributed by atoms with E-state index in [1.165, 1.54) is 6.07 Å². The monoisotopic (exact) mass is 345 g/mol. The van der Waals surface area contributed by atoms with Crippen molar-refractivity contribution >= 4 is 23.1 Å². The fraction of sp³-hybridized carbons (Fsp3) is 0.263. The first-order chi connectivity index (χ1) is 11.3. The van der Waals surface area contributed by atoms with Crippen LogP contribution in [0.25, 0.3) is 5.57 Å². The third-order valence-electron chi connectivity index (χ3n) is 4.74. The predicted molar refractivity (Wildman–Crippen MR) is 91.6 cm³/mol. The number of aliphatic carboxylic acids is 1. The number of hydrogen-bond acceptors (Lipinski definition) is 2. The average molecular weight is 346 g/mol. The number of allylic oxidation sites excluding steroid dienone is 1. The maximum atomic E-state index is 13.9. The highest BCUT2D eigenvalue weighted by Gasteiger charge is 2.43. The van der Waals surface area contributed by atoms with Gasteiger partial charge in [-0.15, -0.1) is 0 Å². The number of rotatable bonds is 3. The van der Waals surface area contributed by atoms with Gasteiger partial charge in [0.25, 0.3) is 0 Å². The van der Waals surface area contributed by atoms with Crippen molar-refractivity contribution in [1.82, 2.24) is 4.98 Å². The van der Waals surface area contributed by atoms with E-state index in [1.54, 1.807) is 37.4 Å². The largest absolute Gasteiger partial charge is 0.480 e. The second-order valence-corrected chi connectivity index (χ2v) is 6.56. The molecular weight excluding hydrogens is 329 g/mol. The van der Waals surface area contributed by atoms with Crippen LogP contribution in [0, 0.1) is 19.7 Å². The van der Waals surface area contributed by atoms with E-state index in [0.29, 0.717) is 29.0 Å². The number of aromatic nitrogens is 1. The summed E-state index contributed by atoms with van der Waals surface area (Å²) in [6.07, 6.45) is 4.37. The fourth-order valence-corrected chi connectivity index (χ4v) is 3.44. The summed E-state index contributed by atoms with van der Waals surface area (Å²) in [6, 6.07) is 6.38. The van der Waals surface area contributed by atoms with Crippen LogP contribution >= 0.6 is 11.6 Å². The maximum absolute atomic E-state index is 13.9. The molecule has 0 aliphatic heterocycles. The number of benzene rings is 1. The van der Waals surface area contributed by atoms with Gasteiger partial charge < -0.3 is 5.11 Å². The van der Waals surface area contributed by atoms with Gasteiger partial charge in [-0.05, 0) is 61.1 Å². The van der Waals surface area contributed by atoms with Crippen LogP contribution in [-0.4, -0.2) is 16.1 Å². The highest BCUT2D eigenvalue weighted by molar-refractivity contribution is 6.31. The zero-order valence-electron chi connectivity index (χ0n) is 13.4. The van der Waals surface area contributed by atoms with E-state index in [0.717, 1.165) is 16.8 Å². The highest BCUT2D eigenvalue weighted by Crippen LogP contribution is 2.44. The summed E-state index contributed by atoms with van der Waals surface area (Å²) in [7, 11) is 0. The van der Waals surface area contributed by atoms with Crippen molar-refractivity contribution in [2.45, 2.75) is 32.1 Å². The van der Waals surface area contributed by atoms with Crippen molar-refractivity contribution in [1.29, 1.82) is 0 Å². The van der Waals surface area contributed by atoms with E-state index in [1.807, 2.05) is 6.92 Å². The lowest BCUT2D eigenvalue weighted by Crippen LogP contribution is -2.32. The number of hydrogen-bond donors (Lipinski definition) is 1. The number of pyridine rings is 1. The molecule has 3 rings (SSSR count). The molecule has 0 unspecified atom stereocenters. The number of carbonyl (C=O) groups is 1. The second-order valence-electron chi connectivity index (χ2n) is 6.15. The van der Waals surface area contributed by atoms with Gasteiger partial charge in [-0.3, -0.25) is 9.78 Å². The Morgan fingerprint density at radius 3 is 2.79 bits per heavy atom. The van der Waals surface area contributed by atoms with Crippen molar-refractivity contribution < 1.29 is 14.3 Å².